The highest BCUT2D eigenvalue weighted by atomic mass is 16.5. The quantitative estimate of drug-likeness (QED) is 0.752. The lowest BCUT2D eigenvalue weighted by Gasteiger charge is -2.10. The Hall–Kier alpha value is -3.15. The molecule has 0 saturated carbocycles. The van der Waals surface area contributed by atoms with Gasteiger partial charge in [-0.15, -0.1) is 0 Å². The van der Waals surface area contributed by atoms with Crippen LogP contribution in [0.5, 0.6) is 5.75 Å². The molecule has 0 radical (unpaired) electrons. The summed E-state index contributed by atoms with van der Waals surface area (Å²) < 4.78 is 5.50. The number of aromatic amines is 1. The zero-order valence-electron chi connectivity index (χ0n) is 14.7. The van der Waals surface area contributed by atoms with E-state index in [-0.39, 0.29) is 11.8 Å². The van der Waals surface area contributed by atoms with E-state index < -0.39 is 0 Å². The number of carbonyl (C=O) groups excluding carboxylic acids is 1. The van der Waals surface area contributed by atoms with E-state index >= 15 is 0 Å². The van der Waals surface area contributed by atoms with E-state index in [1.807, 2.05) is 36.4 Å². The zero-order chi connectivity index (χ0) is 18.1. The van der Waals surface area contributed by atoms with Gasteiger partial charge in [0.25, 0.3) is 5.91 Å². The molecule has 4 rings (SSSR count). The van der Waals surface area contributed by atoms with Gasteiger partial charge in [0, 0.05) is 23.5 Å². The van der Waals surface area contributed by atoms with Crippen molar-refractivity contribution in [1.82, 2.24) is 15.2 Å². The molecular formula is C20H20N4O2. The largest absolute Gasteiger partial charge is 0.493 e. The third kappa shape index (κ3) is 3.06. The molecular weight excluding hydrogens is 328 g/mol. The molecule has 2 N–H and O–H groups in total. The lowest BCUT2D eigenvalue weighted by molar-refractivity contribution is 0.102. The number of hydrogen-bond donors (Lipinski definition) is 2. The molecule has 0 saturated heterocycles. The number of para-hydroxylation sites is 1. The minimum atomic E-state index is -0.160. The van der Waals surface area contributed by atoms with Gasteiger partial charge in [-0.2, -0.15) is 5.10 Å². The Kier molecular flexibility index (Phi) is 4.16. The minimum absolute atomic E-state index is 0.160. The molecule has 0 bridgehead atoms. The fourth-order valence-electron chi connectivity index (χ4n) is 2.96. The van der Waals surface area contributed by atoms with Crippen LogP contribution in [0.3, 0.4) is 0 Å². The van der Waals surface area contributed by atoms with Crippen LogP contribution in [0.4, 0.5) is 5.69 Å². The summed E-state index contributed by atoms with van der Waals surface area (Å²) >= 11 is 0. The number of rotatable bonds is 4. The molecule has 6 heteroatoms. The molecule has 2 heterocycles. The van der Waals surface area contributed by atoms with E-state index in [1.54, 1.807) is 6.07 Å². The molecule has 6 nitrogen and oxygen atoms in total. The number of benzene rings is 2. The molecule has 0 atom stereocenters. The molecule has 0 spiro atoms. The van der Waals surface area contributed by atoms with Gasteiger partial charge in [-0.1, -0.05) is 26.0 Å². The number of fused-ring (bicyclic) bond motifs is 1. The van der Waals surface area contributed by atoms with Gasteiger partial charge in [-0.25, -0.2) is 4.98 Å². The van der Waals surface area contributed by atoms with Crippen molar-refractivity contribution in [2.75, 3.05) is 11.9 Å². The van der Waals surface area contributed by atoms with E-state index in [1.165, 1.54) is 0 Å². The third-order valence-electron chi connectivity index (χ3n) is 4.42. The number of aromatic nitrogens is 3. The number of carbonyl (C=O) groups is 1. The first-order valence-electron chi connectivity index (χ1n) is 8.70. The van der Waals surface area contributed by atoms with Gasteiger partial charge in [0.1, 0.15) is 11.6 Å². The second-order valence-electron chi connectivity index (χ2n) is 6.62. The van der Waals surface area contributed by atoms with Gasteiger partial charge in [-0.05, 0) is 35.9 Å². The summed E-state index contributed by atoms with van der Waals surface area (Å²) in [7, 11) is 0. The van der Waals surface area contributed by atoms with Gasteiger partial charge >= 0.3 is 0 Å². The summed E-state index contributed by atoms with van der Waals surface area (Å²) in [5.74, 6) is 2.36. The van der Waals surface area contributed by atoms with E-state index in [0.717, 1.165) is 29.1 Å². The van der Waals surface area contributed by atoms with Crippen molar-refractivity contribution in [2.24, 2.45) is 0 Å². The van der Waals surface area contributed by atoms with Gasteiger partial charge in [0.15, 0.2) is 5.82 Å². The molecule has 132 valence electrons. The Morgan fingerprint density at radius 3 is 2.88 bits per heavy atom. The average Bonchev–Trinajstić information content (AvgIpc) is 3.31. The number of ether oxygens (including phenoxy) is 1. The molecule has 1 aliphatic rings. The van der Waals surface area contributed by atoms with Gasteiger partial charge < -0.3 is 10.1 Å². The van der Waals surface area contributed by atoms with E-state index in [9.17, 15) is 4.79 Å². The first-order chi connectivity index (χ1) is 12.6. The van der Waals surface area contributed by atoms with Gasteiger partial charge in [0.2, 0.25) is 0 Å². The number of amides is 1. The topological polar surface area (TPSA) is 79.9 Å². The highest BCUT2D eigenvalue weighted by molar-refractivity contribution is 6.06. The summed E-state index contributed by atoms with van der Waals surface area (Å²) in [5, 5.41) is 10.2. The highest BCUT2D eigenvalue weighted by Crippen LogP contribution is 2.28. The van der Waals surface area contributed by atoms with Gasteiger partial charge in [0.05, 0.1) is 12.3 Å². The first kappa shape index (κ1) is 16.3. The normalized spacial score (nSPS) is 12.7. The number of anilines is 1. The molecule has 1 amide bonds. The Balaban J connectivity index is 1.61. The molecule has 2 aromatic carbocycles. The summed E-state index contributed by atoms with van der Waals surface area (Å²) in [4.78, 5) is 17.2. The summed E-state index contributed by atoms with van der Waals surface area (Å²) in [5.41, 5.74) is 3.15. The molecule has 1 aliphatic heterocycles. The fourth-order valence-corrected chi connectivity index (χ4v) is 2.96. The number of nitrogens with one attached hydrogen (secondary N) is 2. The van der Waals surface area contributed by atoms with Crippen molar-refractivity contribution in [1.29, 1.82) is 0 Å². The van der Waals surface area contributed by atoms with Crippen molar-refractivity contribution >= 4 is 11.6 Å². The van der Waals surface area contributed by atoms with E-state index in [2.05, 4.69) is 34.3 Å². The average molecular weight is 348 g/mol. The monoisotopic (exact) mass is 348 g/mol. The lowest BCUT2D eigenvalue weighted by Crippen LogP contribution is -2.13. The van der Waals surface area contributed by atoms with Crippen LogP contribution in [0.15, 0.2) is 42.5 Å². The number of H-pyrrole nitrogens is 1. The maximum Gasteiger partial charge on any atom is 0.255 e. The Labute approximate surface area is 151 Å². The molecule has 0 fully saturated rings. The maximum atomic E-state index is 12.7. The predicted molar refractivity (Wildman–Crippen MR) is 99.5 cm³/mol. The van der Waals surface area contributed by atoms with Crippen molar-refractivity contribution in [3.8, 4) is 17.1 Å². The van der Waals surface area contributed by atoms with Crippen molar-refractivity contribution in [3.05, 3.63) is 59.4 Å². The van der Waals surface area contributed by atoms with Gasteiger partial charge in [-0.3, -0.25) is 9.89 Å². The zero-order valence-corrected chi connectivity index (χ0v) is 14.7. The molecule has 0 aliphatic carbocycles. The third-order valence-corrected chi connectivity index (χ3v) is 4.42. The fraction of sp³-hybridized carbons (Fsp3) is 0.250. The van der Waals surface area contributed by atoms with Crippen molar-refractivity contribution in [3.63, 3.8) is 0 Å². The van der Waals surface area contributed by atoms with Crippen molar-refractivity contribution in [2.45, 2.75) is 26.2 Å². The smallest absolute Gasteiger partial charge is 0.255 e. The number of hydrogen-bond acceptors (Lipinski definition) is 4. The van der Waals surface area contributed by atoms with Crippen molar-refractivity contribution < 1.29 is 9.53 Å². The van der Waals surface area contributed by atoms with Crippen LogP contribution in [0.1, 0.15) is 41.5 Å². The van der Waals surface area contributed by atoms with E-state index in [0.29, 0.717) is 23.7 Å². The lowest BCUT2D eigenvalue weighted by atomic mass is 10.1. The second-order valence-corrected chi connectivity index (χ2v) is 6.62. The van der Waals surface area contributed by atoms with Crippen LogP contribution in [0, 0.1) is 0 Å². The molecule has 0 unspecified atom stereocenters. The van der Waals surface area contributed by atoms with Crippen LogP contribution < -0.4 is 10.1 Å². The van der Waals surface area contributed by atoms with Crippen LogP contribution >= 0.6 is 0 Å². The minimum Gasteiger partial charge on any atom is -0.493 e. The molecule has 26 heavy (non-hydrogen) atoms. The SMILES string of the molecule is CC(C)c1nc(-c2ccccc2NC(=O)c2ccc3c(c2)CCO3)n[nH]1. The first-order valence-corrected chi connectivity index (χ1v) is 8.70. The highest BCUT2D eigenvalue weighted by Gasteiger charge is 2.17. The predicted octanol–water partition coefficient (Wildman–Crippen LogP) is 3.78. The Morgan fingerprint density at radius 1 is 1.23 bits per heavy atom. The van der Waals surface area contributed by atoms with Crippen LogP contribution in [0.25, 0.3) is 11.4 Å². The van der Waals surface area contributed by atoms with Crippen LogP contribution in [-0.4, -0.2) is 27.7 Å². The maximum absolute atomic E-state index is 12.7. The molecule has 1 aromatic heterocycles. The number of nitrogens with zero attached hydrogens (tertiary/aromatic N) is 2. The second kappa shape index (κ2) is 6.63. The Morgan fingerprint density at radius 2 is 2.08 bits per heavy atom. The summed E-state index contributed by atoms with van der Waals surface area (Å²) in [6.45, 7) is 4.78. The van der Waals surface area contributed by atoms with E-state index in [4.69, 9.17) is 4.74 Å². The summed E-state index contributed by atoms with van der Waals surface area (Å²) in [6.07, 6.45) is 0.836. The summed E-state index contributed by atoms with van der Waals surface area (Å²) in [6, 6.07) is 13.1. The standard InChI is InChI=1S/C20H20N4O2/c1-12(2)18-22-19(24-23-18)15-5-3-4-6-16(15)21-20(25)14-7-8-17-13(11-14)9-10-26-17/h3-8,11-12H,9-10H2,1-2H3,(H,21,25)(H,22,23,24). The van der Waals surface area contributed by atoms with Crippen LogP contribution in [0.2, 0.25) is 0 Å². The van der Waals surface area contributed by atoms with Crippen LogP contribution in [-0.2, 0) is 6.42 Å². The Bertz CT molecular complexity index is 962. The molecule has 3 aromatic rings.